The van der Waals surface area contributed by atoms with E-state index in [4.69, 9.17) is 5.11 Å². The van der Waals surface area contributed by atoms with Crippen LogP contribution < -0.4 is 10.0 Å². The zero-order chi connectivity index (χ0) is 16.2. The number of benzene rings is 1. The molecule has 0 aromatic heterocycles. The molecule has 0 aliphatic rings. The Morgan fingerprint density at radius 2 is 2.00 bits per heavy atom. The number of carbonyl (C=O) groups excluding carboxylic acids is 1. The maximum atomic E-state index is 13.6. The molecule has 9 heteroatoms. The first-order valence-electron chi connectivity index (χ1n) is 6.02. The van der Waals surface area contributed by atoms with E-state index in [1.54, 1.807) is 6.92 Å². The fourth-order valence-electron chi connectivity index (χ4n) is 1.52. The Morgan fingerprint density at radius 3 is 2.52 bits per heavy atom. The maximum Gasteiger partial charge on any atom is 0.335 e. The lowest BCUT2D eigenvalue weighted by Gasteiger charge is -2.14. The molecular formula is C12H15FN2O5S. The molecule has 0 heterocycles. The van der Waals surface area contributed by atoms with Gasteiger partial charge in [-0.15, -0.1) is 0 Å². The van der Waals surface area contributed by atoms with Crippen molar-refractivity contribution in [2.45, 2.75) is 24.8 Å². The van der Waals surface area contributed by atoms with E-state index in [-0.39, 0.29) is 5.56 Å². The average molecular weight is 318 g/mol. The number of hydrogen-bond donors (Lipinski definition) is 3. The van der Waals surface area contributed by atoms with Crippen LogP contribution in [0.1, 0.15) is 24.2 Å². The minimum absolute atomic E-state index is 0.313. The smallest absolute Gasteiger partial charge is 0.335 e. The molecule has 0 aliphatic carbocycles. The molecule has 0 fully saturated rings. The molecule has 0 bridgehead atoms. The molecule has 0 saturated carbocycles. The first-order valence-corrected chi connectivity index (χ1v) is 7.50. The van der Waals surface area contributed by atoms with Gasteiger partial charge in [0, 0.05) is 6.54 Å². The topological polar surface area (TPSA) is 113 Å². The summed E-state index contributed by atoms with van der Waals surface area (Å²) in [5, 5.41) is 11.2. The summed E-state index contributed by atoms with van der Waals surface area (Å²) in [5.74, 6) is -3.06. The fourth-order valence-corrected chi connectivity index (χ4v) is 2.83. The van der Waals surface area contributed by atoms with Gasteiger partial charge in [-0.25, -0.2) is 17.6 Å². The Morgan fingerprint density at radius 1 is 1.38 bits per heavy atom. The SMILES string of the molecule is CCNC(=O)C(C)NS(=O)(=O)c1cc(C(=O)O)ccc1F. The summed E-state index contributed by atoms with van der Waals surface area (Å²) in [7, 11) is -4.36. The Kier molecular flexibility index (Phi) is 5.39. The molecule has 0 radical (unpaired) electrons. The molecule has 0 spiro atoms. The number of sulfonamides is 1. The molecular weight excluding hydrogens is 303 g/mol. The molecule has 0 aliphatic heterocycles. The van der Waals surface area contributed by atoms with E-state index in [2.05, 4.69) is 5.32 Å². The monoisotopic (exact) mass is 318 g/mol. The lowest BCUT2D eigenvalue weighted by molar-refractivity contribution is -0.122. The van der Waals surface area contributed by atoms with Crippen molar-refractivity contribution < 1.29 is 27.5 Å². The third kappa shape index (κ3) is 4.23. The summed E-state index contributed by atoms with van der Waals surface area (Å²) in [4.78, 5) is 21.5. The van der Waals surface area contributed by atoms with E-state index in [0.717, 1.165) is 12.1 Å². The normalized spacial score (nSPS) is 12.7. The van der Waals surface area contributed by atoms with Crippen molar-refractivity contribution >= 4 is 21.9 Å². The van der Waals surface area contributed by atoms with Crippen LogP contribution in [0.25, 0.3) is 0 Å². The van der Waals surface area contributed by atoms with E-state index in [0.29, 0.717) is 12.6 Å². The van der Waals surface area contributed by atoms with Crippen molar-refractivity contribution in [3.63, 3.8) is 0 Å². The second-order valence-electron chi connectivity index (χ2n) is 4.19. The number of carboxylic acids is 1. The average Bonchev–Trinajstić information content (AvgIpc) is 2.38. The van der Waals surface area contributed by atoms with Crippen molar-refractivity contribution in [1.82, 2.24) is 10.0 Å². The summed E-state index contributed by atoms with van der Waals surface area (Å²) in [6.45, 7) is 3.27. The second kappa shape index (κ2) is 6.64. The molecule has 7 nitrogen and oxygen atoms in total. The number of aromatic carboxylic acids is 1. The van der Waals surface area contributed by atoms with Crippen molar-refractivity contribution in [3.8, 4) is 0 Å². The van der Waals surface area contributed by atoms with Crippen molar-refractivity contribution in [3.05, 3.63) is 29.6 Å². The predicted octanol–water partition coefficient (Wildman–Crippen LogP) is 0.327. The van der Waals surface area contributed by atoms with Crippen LogP contribution in [0.2, 0.25) is 0 Å². The summed E-state index contributed by atoms with van der Waals surface area (Å²) in [5.41, 5.74) is -0.373. The highest BCUT2D eigenvalue weighted by atomic mass is 32.2. The van der Waals surface area contributed by atoms with Gasteiger partial charge in [-0.2, -0.15) is 4.72 Å². The highest BCUT2D eigenvalue weighted by molar-refractivity contribution is 7.89. The van der Waals surface area contributed by atoms with E-state index in [1.165, 1.54) is 6.92 Å². The summed E-state index contributed by atoms with van der Waals surface area (Å²) in [6.07, 6.45) is 0. The minimum Gasteiger partial charge on any atom is -0.478 e. The van der Waals surface area contributed by atoms with Crippen LogP contribution in [0.3, 0.4) is 0 Å². The molecule has 1 rings (SSSR count). The fraction of sp³-hybridized carbons (Fsp3) is 0.333. The van der Waals surface area contributed by atoms with Crippen molar-refractivity contribution in [2.75, 3.05) is 6.54 Å². The third-order valence-corrected chi connectivity index (χ3v) is 4.10. The number of nitrogens with one attached hydrogen (secondary N) is 2. The van der Waals surface area contributed by atoms with Crippen molar-refractivity contribution in [2.24, 2.45) is 0 Å². The van der Waals surface area contributed by atoms with Crippen LogP contribution in [-0.4, -0.2) is 38.0 Å². The maximum absolute atomic E-state index is 13.6. The van der Waals surface area contributed by atoms with E-state index >= 15 is 0 Å². The van der Waals surface area contributed by atoms with E-state index in [9.17, 15) is 22.4 Å². The van der Waals surface area contributed by atoms with Crippen LogP contribution in [0.15, 0.2) is 23.1 Å². The Balaban J connectivity index is 3.11. The second-order valence-corrected chi connectivity index (χ2v) is 5.87. The molecule has 1 amide bonds. The van der Waals surface area contributed by atoms with Gasteiger partial charge in [-0.05, 0) is 32.0 Å². The van der Waals surface area contributed by atoms with Crippen LogP contribution >= 0.6 is 0 Å². The number of halogens is 1. The molecule has 1 aromatic carbocycles. The minimum atomic E-state index is -4.36. The third-order valence-electron chi connectivity index (χ3n) is 2.54. The van der Waals surface area contributed by atoms with Crippen LogP contribution in [0.4, 0.5) is 4.39 Å². The molecule has 1 unspecified atom stereocenters. The van der Waals surface area contributed by atoms with E-state index in [1.807, 2.05) is 4.72 Å². The number of rotatable bonds is 6. The van der Waals surface area contributed by atoms with Crippen molar-refractivity contribution in [1.29, 1.82) is 0 Å². The molecule has 1 aromatic rings. The number of amides is 1. The highest BCUT2D eigenvalue weighted by Crippen LogP contribution is 2.17. The Labute approximate surface area is 121 Å². The zero-order valence-electron chi connectivity index (χ0n) is 11.4. The van der Waals surface area contributed by atoms with Gasteiger partial charge in [0.25, 0.3) is 0 Å². The summed E-state index contributed by atoms with van der Waals surface area (Å²) in [6, 6.07) is 1.27. The zero-order valence-corrected chi connectivity index (χ0v) is 12.2. The van der Waals surface area contributed by atoms with Gasteiger partial charge in [0.15, 0.2) is 0 Å². The van der Waals surface area contributed by atoms with Gasteiger partial charge >= 0.3 is 5.97 Å². The van der Waals surface area contributed by atoms with Gasteiger partial charge in [0.05, 0.1) is 11.6 Å². The van der Waals surface area contributed by atoms with E-state index < -0.39 is 38.7 Å². The lowest BCUT2D eigenvalue weighted by atomic mass is 10.2. The molecule has 0 saturated heterocycles. The van der Waals surface area contributed by atoms with Gasteiger partial charge in [-0.1, -0.05) is 0 Å². The van der Waals surface area contributed by atoms with Crippen LogP contribution in [0, 0.1) is 5.82 Å². The first-order chi connectivity index (χ1) is 9.69. The highest BCUT2D eigenvalue weighted by Gasteiger charge is 2.25. The quantitative estimate of drug-likeness (QED) is 0.699. The van der Waals surface area contributed by atoms with Crippen LogP contribution in [0.5, 0.6) is 0 Å². The number of carboxylic acid groups (broad SMARTS) is 1. The van der Waals surface area contributed by atoms with Crippen LogP contribution in [-0.2, 0) is 14.8 Å². The number of hydrogen-bond acceptors (Lipinski definition) is 4. The number of carbonyl (C=O) groups is 2. The largest absolute Gasteiger partial charge is 0.478 e. The molecule has 21 heavy (non-hydrogen) atoms. The van der Waals surface area contributed by atoms with Gasteiger partial charge < -0.3 is 10.4 Å². The van der Waals surface area contributed by atoms with Gasteiger partial charge in [0.2, 0.25) is 15.9 Å². The van der Waals surface area contributed by atoms with Gasteiger partial charge in [0.1, 0.15) is 10.7 Å². The standard InChI is InChI=1S/C12H15FN2O5S/c1-3-14-11(16)7(2)15-21(19,20)10-6-8(12(17)18)4-5-9(10)13/h4-7,15H,3H2,1-2H3,(H,14,16)(H,17,18). The first kappa shape index (κ1) is 17.1. The Bertz CT molecular complexity index is 660. The molecule has 1 atom stereocenters. The summed E-state index contributed by atoms with van der Waals surface area (Å²) >= 11 is 0. The lowest BCUT2D eigenvalue weighted by Crippen LogP contribution is -2.44. The number of likely N-dealkylation sites (N-methyl/N-ethyl adjacent to an activating group) is 1. The Hall–Kier alpha value is -2.00. The molecule has 116 valence electrons. The predicted molar refractivity (Wildman–Crippen MR) is 71.8 cm³/mol. The molecule has 3 N–H and O–H groups in total. The van der Waals surface area contributed by atoms with Gasteiger partial charge in [-0.3, -0.25) is 4.79 Å². The summed E-state index contributed by atoms with van der Waals surface area (Å²) < 4.78 is 39.7.